The summed E-state index contributed by atoms with van der Waals surface area (Å²) in [6.07, 6.45) is 0.0661. The number of nitrogens with two attached hydrogens (primary N) is 1. The zero-order valence-corrected chi connectivity index (χ0v) is 14.7. The van der Waals surface area contributed by atoms with Crippen molar-refractivity contribution in [3.05, 3.63) is 58.6 Å². The molecule has 0 heterocycles. The van der Waals surface area contributed by atoms with Gasteiger partial charge in [0.2, 0.25) is 5.91 Å². The number of rotatable bonds is 6. The number of carbonyl (C=O) groups excluding carboxylic acids is 2. The highest BCUT2D eigenvalue weighted by atomic mass is 79.9. The van der Waals surface area contributed by atoms with E-state index in [-0.39, 0.29) is 12.3 Å². The summed E-state index contributed by atoms with van der Waals surface area (Å²) < 4.78 is 5.98. The molecule has 0 spiro atoms. The standard InChI is InChI=1S/C17H18BrN3O3/c1-24-14-8-6-13(7-9-14)20-16(22)10-15(21-17(19)23)11-2-4-12(18)5-3-11/h2-9,15H,10H2,1H3,(H,20,22)(H3,19,21,23)/t15-/m1/s1. The summed E-state index contributed by atoms with van der Waals surface area (Å²) >= 11 is 3.35. The molecule has 0 aliphatic rings. The number of amides is 3. The Hall–Kier alpha value is -2.54. The highest BCUT2D eigenvalue weighted by molar-refractivity contribution is 9.10. The average molecular weight is 392 g/mol. The maximum atomic E-state index is 12.3. The third-order valence-corrected chi connectivity index (χ3v) is 3.88. The van der Waals surface area contributed by atoms with Crippen molar-refractivity contribution in [2.75, 3.05) is 12.4 Å². The lowest BCUT2D eigenvalue weighted by molar-refractivity contribution is -0.116. The van der Waals surface area contributed by atoms with Gasteiger partial charge < -0.3 is 21.1 Å². The summed E-state index contributed by atoms with van der Waals surface area (Å²) in [5, 5.41) is 5.38. The van der Waals surface area contributed by atoms with Crippen molar-refractivity contribution in [3.8, 4) is 5.75 Å². The maximum Gasteiger partial charge on any atom is 0.312 e. The molecule has 0 saturated heterocycles. The van der Waals surface area contributed by atoms with Crippen molar-refractivity contribution < 1.29 is 14.3 Å². The van der Waals surface area contributed by atoms with E-state index in [4.69, 9.17) is 10.5 Å². The normalized spacial score (nSPS) is 11.4. The van der Waals surface area contributed by atoms with E-state index in [1.54, 1.807) is 31.4 Å². The van der Waals surface area contributed by atoms with Crippen molar-refractivity contribution in [2.24, 2.45) is 5.73 Å². The smallest absolute Gasteiger partial charge is 0.312 e. The first kappa shape index (κ1) is 17.8. The van der Waals surface area contributed by atoms with Gasteiger partial charge in [-0.05, 0) is 42.0 Å². The first-order valence-corrected chi connectivity index (χ1v) is 8.02. The lowest BCUT2D eigenvalue weighted by Gasteiger charge is -2.18. The topological polar surface area (TPSA) is 93.4 Å². The molecule has 7 heteroatoms. The monoisotopic (exact) mass is 391 g/mol. The summed E-state index contributed by atoms with van der Waals surface area (Å²) in [7, 11) is 1.58. The van der Waals surface area contributed by atoms with Crippen molar-refractivity contribution in [2.45, 2.75) is 12.5 Å². The second kappa shape index (κ2) is 8.35. The van der Waals surface area contributed by atoms with Crippen LogP contribution in [0.3, 0.4) is 0 Å². The molecule has 2 rings (SSSR count). The fraction of sp³-hybridized carbons (Fsp3) is 0.176. The van der Waals surface area contributed by atoms with Crippen molar-refractivity contribution in [3.63, 3.8) is 0 Å². The fourth-order valence-corrected chi connectivity index (χ4v) is 2.46. The molecule has 3 amide bonds. The quantitative estimate of drug-likeness (QED) is 0.705. The van der Waals surface area contributed by atoms with Crippen LogP contribution in [0.5, 0.6) is 5.75 Å². The van der Waals surface area contributed by atoms with Gasteiger partial charge in [-0.3, -0.25) is 4.79 Å². The van der Waals surface area contributed by atoms with Crippen LogP contribution in [0, 0.1) is 0 Å². The van der Waals surface area contributed by atoms with E-state index < -0.39 is 12.1 Å². The van der Waals surface area contributed by atoms with Gasteiger partial charge >= 0.3 is 6.03 Å². The summed E-state index contributed by atoms with van der Waals surface area (Å²) in [6, 6.07) is 13.1. The molecule has 1 atom stereocenters. The number of methoxy groups -OCH3 is 1. The van der Waals surface area contributed by atoms with E-state index in [1.165, 1.54) is 0 Å². The van der Waals surface area contributed by atoms with E-state index in [9.17, 15) is 9.59 Å². The number of ether oxygens (including phenoxy) is 1. The molecule has 0 unspecified atom stereocenters. The maximum absolute atomic E-state index is 12.3. The highest BCUT2D eigenvalue weighted by Crippen LogP contribution is 2.21. The van der Waals surface area contributed by atoms with Crippen LogP contribution in [-0.4, -0.2) is 19.0 Å². The first-order valence-electron chi connectivity index (χ1n) is 7.23. The van der Waals surface area contributed by atoms with Crippen LogP contribution in [0.15, 0.2) is 53.0 Å². The second-order valence-corrected chi connectivity index (χ2v) is 6.01. The summed E-state index contributed by atoms with van der Waals surface area (Å²) in [5.41, 5.74) is 6.66. The molecular weight excluding hydrogens is 374 g/mol. The zero-order chi connectivity index (χ0) is 17.5. The van der Waals surface area contributed by atoms with E-state index in [2.05, 4.69) is 26.6 Å². The van der Waals surface area contributed by atoms with Crippen molar-refractivity contribution >= 4 is 33.6 Å². The van der Waals surface area contributed by atoms with Gasteiger partial charge in [-0.15, -0.1) is 0 Å². The van der Waals surface area contributed by atoms with Gasteiger partial charge in [-0.2, -0.15) is 0 Å². The summed E-state index contributed by atoms with van der Waals surface area (Å²) in [5.74, 6) is 0.470. The minimum atomic E-state index is -0.680. The van der Waals surface area contributed by atoms with E-state index >= 15 is 0 Å². The summed E-state index contributed by atoms with van der Waals surface area (Å²) in [6.45, 7) is 0. The van der Waals surface area contributed by atoms with Gasteiger partial charge in [-0.25, -0.2) is 4.79 Å². The number of hydrogen-bond donors (Lipinski definition) is 3. The number of hydrogen-bond acceptors (Lipinski definition) is 3. The Kier molecular flexibility index (Phi) is 6.20. The van der Waals surface area contributed by atoms with Gasteiger partial charge in [0.05, 0.1) is 19.6 Å². The first-order chi connectivity index (χ1) is 11.5. The average Bonchev–Trinajstić information content (AvgIpc) is 2.55. The molecule has 0 aromatic heterocycles. The molecule has 0 saturated carbocycles. The van der Waals surface area contributed by atoms with Gasteiger partial charge in [-0.1, -0.05) is 28.1 Å². The van der Waals surface area contributed by atoms with Crippen LogP contribution in [0.2, 0.25) is 0 Å². The fourth-order valence-electron chi connectivity index (χ4n) is 2.19. The third kappa shape index (κ3) is 5.27. The van der Waals surface area contributed by atoms with E-state index in [0.29, 0.717) is 11.4 Å². The van der Waals surface area contributed by atoms with Gasteiger partial charge in [0, 0.05) is 10.2 Å². The Morgan fingerprint density at radius 2 is 1.75 bits per heavy atom. The van der Waals surface area contributed by atoms with Crippen LogP contribution >= 0.6 is 15.9 Å². The molecule has 0 radical (unpaired) electrons. The largest absolute Gasteiger partial charge is 0.497 e. The highest BCUT2D eigenvalue weighted by Gasteiger charge is 2.17. The number of anilines is 1. The van der Waals surface area contributed by atoms with Crippen LogP contribution < -0.4 is 21.1 Å². The minimum Gasteiger partial charge on any atom is -0.497 e. The number of urea groups is 1. The van der Waals surface area contributed by atoms with Crippen LogP contribution in [0.25, 0.3) is 0 Å². The van der Waals surface area contributed by atoms with Crippen LogP contribution in [-0.2, 0) is 4.79 Å². The SMILES string of the molecule is COc1ccc(NC(=O)C[C@@H](NC(N)=O)c2ccc(Br)cc2)cc1. The number of nitrogens with one attached hydrogen (secondary N) is 2. The van der Waals surface area contributed by atoms with Crippen molar-refractivity contribution in [1.29, 1.82) is 0 Å². The Bertz CT molecular complexity index is 702. The molecule has 0 aliphatic carbocycles. The Labute approximate surface area is 148 Å². The number of carbonyl (C=O) groups is 2. The van der Waals surface area contributed by atoms with Crippen LogP contribution in [0.4, 0.5) is 10.5 Å². The van der Waals surface area contributed by atoms with Gasteiger partial charge in [0.25, 0.3) is 0 Å². The molecule has 0 aliphatic heterocycles. The third-order valence-electron chi connectivity index (χ3n) is 3.35. The summed E-state index contributed by atoms with van der Waals surface area (Å²) in [4.78, 5) is 23.5. The van der Waals surface area contributed by atoms with Crippen LogP contribution in [0.1, 0.15) is 18.0 Å². The minimum absolute atomic E-state index is 0.0661. The van der Waals surface area contributed by atoms with Crippen molar-refractivity contribution in [1.82, 2.24) is 5.32 Å². The van der Waals surface area contributed by atoms with Gasteiger partial charge in [0.1, 0.15) is 5.75 Å². The molecule has 0 bridgehead atoms. The number of primary amides is 1. The molecule has 6 nitrogen and oxygen atoms in total. The Morgan fingerprint density at radius 1 is 1.12 bits per heavy atom. The molecule has 126 valence electrons. The Balaban J connectivity index is 2.05. The lowest BCUT2D eigenvalue weighted by atomic mass is 10.0. The van der Waals surface area contributed by atoms with E-state index in [1.807, 2.05) is 24.3 Å². The molecule has 24 heavy (non-hydrogen) atoms. The van der Waals surface area contributed by atoms with E-state index in [0.717, 1.165) is 10.0 Å². The second-order valence-electron chi connectivity index (χ2n) is 5.09. The Morgan fingerprint density at radius 3 is 2.29 bits per heavy atom. The predicted octanol–water partition coefficient (Wildman–Crippen LogP) is 3.20. The molecule has 2 aromatic rings. The number of halogens is 1. The molecule has 2 aromatic carbocycles. The predicted molar refractivity (Wildman–Crippen MR) is 95.8 cm³/mol. The number of benzene rings is 2. The van der Waals surface area contributed by atoms with Gasteiger partial charge in [0.15, 0.2) is 0 Å². The molecular formula is C17H18BrN3O3. The molecule has 0 fully saturated rings. The lowest BCUT2D eigenvalue weighted by Crippen LogP contribution is -2.35. The molecule has 4 N–H and O–H groups in total. The zero-order valence-electron chi connectivity index (χ0n) is 13.1.